The number of aliphatic hydroxyl groups excluding tert-OH is 3. The fraction of sp³-hybridized carbons (Fsp3) is 0.354. The number of nitrogens with zero attached hydrogens (tertiary/aromatic N) is 12. The molecule has 17 nitrogen and oxygen atoms in total. The lowest BCUT2D eigenvalue weighted by atomic mass is 9.95. The summed E-state index contributed by atoms with van der Waals surface area (Å²) in [5.41, 5.74) is 21.1. The minimum absolute atomic E-state index is 0.0208. The number of hydroxylamine groups is 3. The molecule has 502 valence electrons. The Morgan fingerprint density at radius 1 is 0.515 bits per heavy atom. The van der Waals surface area contributed by atoms with E-state index in [4.69, 9.17) is 11.6 Å². The lowest BCUT2D eigenvalue weighted by molar-refractivity contribution is -1.10. The molecule has 18 heteroatoms. The largest absolute Gasteiger partial charge is 0.387 e. The zero-order chi connectivity index (χ0) is 67.7. The second-order valence-electron chi connectivity index (χ2n) is 27.7. The molecule has 5 atom stereocenters. The SMILES string of the molecule is CN1CCc2c(c3cccc(Cl)c3n2CC(C)(O)c2cccnc2)C1.Cc1ccc2c(c1)c1c(n2CC(O)c2cccnc2)CCN(C)C1.Cc1ccc2c(c1)c1c(n2CC(O)c2ccncc2)CC[N+](C)(O)C1.Cc1cnc2c(c1)c1c(n2CC(O)c2ccncc2)CCCC1. The summed E-state index contributed by atoms with van der Waals surface area (Å²) < 4.78 is 9.01. The summed E-state index contributed by atoms with van der Waals surface area (Å²) in [6, 6.07) is 36.4. The molecule has 0 fully saturated rings. The van der Waals surface area contributed by atoms with Crippen LogP contribution in [0.25, 0.3) is 43.7 Å². The van der Waals surface area contributed by atoms with Crippen LogP contribution in [0.3, 0.4) is 0 Å². The van der Waals surface area contributed by atoms with Gasteiger partial charge in [0.1, 0.15) is 24.3 Å². The highest BCUT2D eigenvalue weighted by Gasteiger charge is 2.34. The monoisotopic (exact) mass is 1320 g/mol. The highest BCUT2D eigenvalue weighted by molar-refractivity contribution is 6.35. The van der Waals surface area contributed by atoms with Crippen LogP contribution in [-0.4, -0.2) is 124 Å². The van der Waals surface area contributed by atoms with Gasteiger partial charge in [-0.3, -0.25) is 19.9 Å². The molecular weight excluding hydrogens is 1230 g/mol. The van der Waals surface area contributed by atoms with Crippen LogP contribution in [0.2, 0.25) is 5.02 Å². The molecule has 12 heterocycles. The van der Waals surface area contributed by atoms with Gasteiger partial charge in [0.05, 0.1) is 62.1 Å². The molecule has 4 aliphatic rings. The number of halogens is 1. The average molecular weight is 1320 g/mol. The van der Waals surface area contributed by atoms with E-state index in [0.29, 0.717) is 39.3 Å². The van der Waals surface area contributed by atoms with Crippen LogP contribution < -0.4 is 0 Å². The molecule has 5 N–H and O–H groups in total. The number of aliphatic hydroxyl groups is 4. The van der Waals surface area contributed by atoms with E-state index in [9.17, 15) is 25.6 Å². The summed E-state index contributed by atoms with van der Waals surface area (Å²) in [7, 11) is 6.17. The van der Waals surface area contributed by atoms with Gasteiger partial charge in [0.15, 0.2) is 0 Å². The maximum atomic E-state index is 11.1. The van der Waals surface area contributed by atoms with Gasteiger partial charge in [0.2, 0.25) is 0 Å². The van der Waals surface area contributed by atoms with Gasteiger partial charge in [-0.05, 0) is 174 Å². The first-order chi connectivity index (χ1) is 46.8. The molecule has 0 bridgehead atoms. The first kappa shape index (κ1) is 67.1. The standard InChI is InChI=1S/C20H22ClN3O.C20H24N3O2.C20H23N3O.C19H21N3O/c1-20(25,14-5-4-9-22-11-14)13-24-18-8-10-23(2)12-16(18)15-6-3-7-17(21)19(15)24;1-14-3-4-18-16(11-14)17-13-23(2,25)10-7-19(17)22(18)12-20(24)15-5-8-21-9-6-15;1-14-5-6-18-16(10-14)17-12-22(2)9-7-19(17)23(18)13-20(24)15-4-3-8-21-11-15;1-13-10-16-15-4-2-3-5-17(15)22(19(16)21-11-13)12-18(23)14-6-8-20-9-7-14/h3-7,9,11,25H,8,10,12-13H2,1-2H3;3-6,8-9,11,20,24-25H,7,10,12-13H2,1-2H3;3-6,8,10-11,20,24H,7,9,12-13H2,1-2H3;6-11,18,23H,2-5,12H2,1H3/q;+1;;. The molecule has 0 amide bonds. The summed E-state index contributed by atoms with van der Waals surface area (Å²) in [5.74, 6) is 0. The van der Waals surface area contributed by atoms with E-state index >= 15 is 0 Å². The molecule has 3 aromatic carbocycles. The quantitative estimate of drug-likeness (QED) is 0.0729. The van der Waals surface area contributed by atoms with Gasteiger partial charge in [-0.2, -0.15) is 4.65 Å². The number of pyridine rings is 5. The number of aromatic nitrogens is 9. The number of para-hydroxylation sites is 1. The van der Waals surface area contributed by atoms with E-state index in [-0.39, 0.29) is 4.65 Å². The molecule has 0 radical (unpaired) electrons. The van der Waals surface area contributed by atoms with Crippen molar-refractivity contribution in [2.75, 3.05) is 40.8 Å². The van der Waals surface area contributed by atoms with Gasteiger partial charge < -0.3 is 48.5 Å². The van der Waals surface area contributed by atoms with E-state index in [1.807, 2.05) is 80.8 Å². The Balaban J connectivity index is 0.000000117. The van der Waals surface area contributed by atoms with Crippen molar-refractivity contribution in [3.05, 3.63) is 254 Å². The van der Waals surface area contributed by atoms with Crippen molar-refractivity contribution in [2.24, 2.45) is 0 Å². The summed E-state index contributed by atoms with van der Waals surface area (Å²) in [6.07, 6.45) is 21.5. The van der Waals surface area contributed by atoms with E-state index in [2.05, 4.69) is 136 Å². The van der Waals surface area contributed by atoms with Crippen LogP contribution >= 0.6 is 11.6 Å². The van der Waals surface area contributed by atoms with E-state index in [1.54, 1.807) is 49.6 Å². The molecule has 9 aromatic heterocycles. The van der Waals surface area contributed by atoms with Crippen LogP contribution in [0.5, 0.6) is 0 Å². The highest BCUT2D eigenvalue weighted by atomic mass is 35.5. The Bertz CT molecular complexity index is 4740. The second-order valence-corrected chi connectivity index (χ2v) is 28.2. The number of rotatable bonds is 12. The first-order valence-electron chi connectivity index (χ1n) is 34.1. The summed E-state index contributed by atoms with van der Waals surface area (Å²) in [6.45, 7) is 15.5. The first-order valence-corrected chi connectivity index (χ1v) is 34.4. The molecule has 1 aliphatic carbocycles. The fourth-order valence-corrected chi connectivity index (χ4v) is 15.4. The number of fused-ring (bicyclic) bond motifs is 12. The zero-order valence-corrected chi connectivity index (χ0v) is 57.6. The Morgan fingerprint density at radius 3 is 1.66 bits per heavy atom. The smallest absolute Gasteiger partial charge is 0.140 e. The summed E-state index contributed by atoms with van der Waals surface area (Å²) in [5, 5.41) is 59.4. The third-order valence-electron chi connectivity index (χ3n) is 20.2. The predicted octanol–water partition coefficient (Wildman–Crippen LogP) is 13.0. The van der Waals surface area contributed by atoms with Gasteiger partial charge in [-0.1, -0.05) is 59.1 Å². The van der Waals surface area contributed by atoms with Crippen molar-refractivity contribution in [1.29, 1.82) is 0 Å². The van der Waals surface area contributed by atoms with Crippen molar-refractivity contribution in [1.82, 2.24) is 53.0 Å². The number of hydrogen-bond donors (Lipinski definition) is 5. The molecule has 16 rings (SSSR count). The molecular formula is C79H90ClN12O5+. The van der Waals surface area contributed by atoms with Gasteiger partial charge in [-0.25, -0.2) is 10.2 Å². The summed E-state index contributed by atoms with van der Waals surface area (Å²) in [4.78, 5) is 25.7. The maximum absolute atomic E-state index is 11.1. The van der Waals surface area contributed by atoms with Crippen molar-refractivity contribution in [3.63, 3.8) is 0 Å². The minimum Gasteiger partial charge on any atom is -0.387 e. The van der Waals surface area contributed by atoms with E-state index in [1.165, 1.54) is 102 Å². The van der Waals surface area contributed by atoms with E-state index < -0.39 is 23.9 Å². The number of quaternary nitrogens is 1. The van der Waals surface area contributed by atoms with Crippen LogP contribution in [0, 0.1) is 20.8 Å². The number of aryl methyl sites for hydroxylation is 4. The second kappa shape index (κ2) is 28.5. The van der Waals surface area contributed by atoms with Gasteiger partial charge >= 0.3 is 0 Å². The van der Waals surface area contributed by atoms with Crippen LogP contribution in [0.1, 0.15) is 122 Å². The molecule has 0 saturated carbocycles. The number of likely N-dealkylation sites (N-methyl/N-ethyl adjacent to an activating group) is 3. The molecule has 97 heavy (non-hydrogen) atoms. The van der Waals surface area contributed by atoms with Crippen LogP contribution in [0.4, 0.5) is 0 Å². The molecule has 5 unspecified atom stereocenters. The van der Waals surface area contributed by atoms with Crippen molar-refractivity contribution < 1.29 is 30.3 Å². The average Bonchev–Trinajstić information content (AvgIpc) is 1.62. The Kier molecular flexibility index (Phi) is 19.8. The zero-order valence-electron chi connectivity index (χ0n) is 56.8. The van der Waals surface area contributed by atoms with Crippen molar-refractivity contribution in [3.8, 4) is 0 Å². The number of hydrogen-bond acceptors (Lipinski definition) is 12. The normalized spacial score (nSPS) is 17.7. The van der Waals surface area contributed by atoms with Crippen LogP contribution in [0.15, 0.2) is 165 Å². The predicted molar refractivity (Wildman–Crippen MR) is 383 cm³/mol. The van der Waals surface area contributed by atoms with E-state index in [0.717, 1.165) is 102 Å². The molecule has 12 aromatic rings. The molecule has 0 saturated heterocycles. The van der Waals surface area contributed by atoms with Gasteiger partial charge in [0, 0.05) is 173 Å². The third kappa shape index (κ3) is 14.3. The third-order valence-corrected chi connectivity index (χ3v) is 20.5. The van der Waals surface area contributed by atoms with Crippen molar-refractivity contribution >= 4 is 55.3 Å². The minimum atomic E-state index is -1.02. The Labute approximate surface area is 572 Å². The lowest BCUT2D eigenvalue weighted by Gasteiger charge is -2.30. The summed E-state index contributed by atoms with van der Waals surface area (Å²) >= 11 is 6.56. The Morgan fingerprint density at radius 2 is 1.05 bits per heavy atom. The topological polar surface area (TPSA) is 192 Å². The molecule has 0 spiro atoms. The Hall–Kier alpha value is -8.46. The number of benzene rings is 3. The lowest BCUT2D eigenvalue weighted by Crippen LogP contribution is -2.44. The highest BCUT2D eigenvalue weighted by Crippen LogP contribution is 2.40. The van der Waals surface area contributed by atoms with Gasteiger partial charge in [-0.15, -0.1) is 0 Å². The maximum Gasteiger partial charge on any atom is 0.140 e. The van der Waals surface area contributed by atoms with Crippen LogP contribution in [-0.2, 0) is 83.5 Å². The fourth-order valence-electron chi connectivity index (χ4n) is 15.2. The molecule has 3 aliphatic heterocycles. The van der Waals surface area contributed by atoms with Crippen molar-refractivity contribution in [2.45, 2.75) is 142 Å². The van der Waals surface area contributed by atoms with Gasteiger partial charge in [0.25, 0.3) is 0 Å².